The van der Waals surface area contributed by atoms with Gasteiger partial charge in [0.15, 0.2) is 11.5 Å². The number of methoxy groups -OCH3 is 2. The fourth-order valence-corrected chi connectivity index (χ4v) is 3.03. The van der Waals surface area contributed by atoms with Crippen LogP contribution in [-0.4, -0.2) is 32.1 Å². The summed E-state index contributed by atoms with van der Waals surface area (Å²) in [6.07, 6.45) is 1.34. The van der Waals surface area contributed by atoms with E-state index in [-0.39, 0.29) is 21.3 Å². The summed E-state index contributed by atoms with van der Waals surface area (Å²) in [7, 11) is 2.96. The summed E-state index contributed by atoms with van der Waals surface area (Å²) < 4.78 is 10.4. The SMILES string of the molecule is COc1ccc(/C=C2\C(=O)NC(=O)N(c3cccc(Cl)c3Cl)C2=O)cc1OC. The third-order valence-corrected chi connectivity index (χ3v) is 4.80. The van der Waals surface area contributed by atoms with E-state index in [1.54, 1.807) is 18.2 Å². The maximum Gasteiger partial charge on any atom is 0.336 e. The Morgan fingerprint density at radius 1 is 1.00 bits per heavy atom. The molecular formula is C19H14Cl2N2O5. The summed E-state index contributed by atoms with van der Waals surface area (Å²) in [6, 6.07) is 8.47. The number of rotatable bonds is 4. The first-order valence-corrected chi connectivity index (χ1v) is 8.70. The number of ether oxygens (including phenoxy) is 2. The fourth-order valence-electron chi connectivity index (χ4n) is 2.65. The van der Waals surface area contributed by atoms with Crippen LogP contribution in [0.5, 0.6) is 11.5 Å². The normalized spacial score (nSPS) is 15.6. The van der Waals surface area contributed by atoms with E-state index in [4.69, 9.17) is 32.7 Å². The zero-order chi connectivity index (χ0) is 20.4. The van der Waals surface area contributed by atoms with E-state index in [0.29, 0.717) is 17.1 Å². The molecule has 4 amide bonds. The minimum atomic E-state index is -0.913. The van der Waals surface area contributed by atoms with Crippen LogP contribution in [-0.2, 0) is 9.59 Å². The van der Waals surface area contributed by atoms with Crippen molar-refractivity contribution in [2.24, 2.45) is 0 Å². The number of hydrogen-bond acceptors (Lipinski definition) is 5. The number of carbonyl (C=O) groups excluding carboxylic acids is 3. The molecule has 2 aromatic rings. The van der Waals surface area contributed by atoms with Gasteiger partial charge in [-0.15, -0.1) is 0 Å². The van der Waals surface area contributed by atoms with Gasteiger partial charge in [-0.25, -0.2) is 9.69 Å². The van der Waals surface area contributed by atoms with Crippen molar-refractivity contribution in [3.63, 3.8) is 0 Å². The molecule has 1 aliphatic rings. The van der Waals surface area contributed by atoms with Gasteiger partial charge in [-0.1, -0.05) is 35.3 Å². The molecule has 0 spiro atoms. The highest BCUT2D eigenvalue weighted by Crippen LogP contribution is 2.34. The highest BCUT2D eigenvalue weighted by Gasteiger charge is 2.38. The second kappa shape index (κ2) is 7.92. The monoisotopic (exact) mass is 420 g/mol. The summed E-state index contributed by atoms with van der Waals surface area (Å²) in [6.45, 7) is 0. The molecule has 9 heteroatoms. The van der Waals surface area contributed by atoms with Crippen molar-refractivity contribution in [2.45, 2.75) is 0 Å². The first kappa shape index (κ1) is 19.7. The van der Waals surface area contributed by atoms with Crippen LogP contribution in [0.3, 0.4) is 0 Å². The molecule has 2 aromatic carbocycles. The van der Waals surface area contributed by atoms with Crippen molar-refractivity contribution in [2.75, 3.05) is 19.1 Å². The molecule has 0 atom stereocenters. The number of halogens is 2. The van der Waals surface area contributed by atoms with Gasteiger partial charge in [0.05, 0.1) is 30.0 Å². The Labute approximate surface area is 170 Å². The zero-order valence-corrected chi connectivity index (χ0v) is 16.3. The van der Waals surface area contributed by atoms with E-state index in [0.717, 1.165) is 4.90 Å². The van der Waals surface area contributed by atoms with Crippen LogP contribution in [0.2, 0.25) is 10.0 Å². The summed E-state index contributed by atoms with van der Waals surface area (Å²) >= 11 is 12.1. The number of imide groups is 2. The number of hydrogen-bond donors (Lipinski definition) is 1. The van der Waals surface area contributed by atoms with Gasteiger partial charge >= 0.3 is 6.03 Å². The molecule has 0 unspecified atom stereocenters. The van der Waals surface area contributed by atoms with Gasteiger partial charge in [0.1, 0.15) is 5.57 Å². The molecule has 3 rings (SSSR count). The number of anilines is 1. The smallest absolute Gasteiger partial charge is 0.336 e. The summed E-state index contributed by atoms with van der Waals surface area (Å²) in [5.74, 6) is -0.732. The number of amides is 4. The van der Waals surface area contributed by atoms with Gasteiger partial charge in [0, 0.05) is 0 Å². The Kier molecular flexibility index (Phi) is 5.58. The maximum absolute atomic E-state index is 12.9. The quantitative estimate of drug-likeness (QED) is 0.602. The molecule has 0 bridgehead atoms. The molecule has 1 saturated heterocycles. The van der Waals surface area contributed by atoms with Crippen molar-refractivity contribution in [3.05, 3.63) is 57.6 Å². The number of nitrogens with zero attached hydrogens (tertiary/aromatic N) is 1. The minimum absolute atomic E-state index is 0.0208. The highest BCUT2D eigenvalue weighted by molar-refractivity contribution is 6.46. The van der Waals surface area contributed by atoms with Crippen molar-refractivity contribution >= 4 is 52.8 Å². The van der Waals surface area contributed by atoms with Crippen LogP contribution in [0, 0.1) is 0 Å². The van der Waals surface area contributed by atoms with Crippen LogP contribution in [0.15, 0.2) is 42.0 Å². The van der Waals surface area contributed by atoms with E-state index in [9.17, 15) is 14.4 Å². The average Bonchev–Trinajstić information content (AvgIpc) is 2.68. The molecule has 1 fully saturated rings. The largest absolute Gasteiger partial charge is 0.493 e. The van der Waals surface area contributed by atoms with Gasteiger partial charge in [-0.05, 0) is 35.9 Å². The first-order valence-electron chi connectivity index (χ1n) is 7.95. The van der Waals surface area contributed by atoms with Crippen molar-refractivity contribution in [1.29, 1.82) is 0 Å². The lowest BCUT2D eigenvalue weighted by Crippen LogP contribution is -2.54. The molecule has 1 N–H and O–H groups in total. The molecule has 7 nitrogen and oxygen atoms in total. The van der Waals surface area contributed by atoms with Crippen LogP contribution < -0.4 is 19.7 Å². The topological polar surface area (TPSA) is 84.9 Å². The molecule has 0 aliphatic carbocycles. The van der Waals surface area contributed by atoms with E-state index in [1.807, 2.05) is 0 Å². The van der Waals surface area contributed by atoms with Gasteiger partial charge < -0.3 is 9.47 Å². The van der Waals surface area contributed by atoms with Crippen molar-refractivity contribution in [3.8, 4) is 11.5 Å². The third kappa shape index (κ3) is 3.54. The van der Waals surface area contributed by atoms with E-state index < -0.39 is 17.8 Å². The second-order valence-corrected chi connectivity index (χ2v) is 6.43. The molecule has 1 heterocycles. The lowest BCUT2D eigenvalue weighted by Gasteiger charge is -2.27. The number of barbiturate groups is 1. The molecule has 144 valence electrons. The molecule has 28 heavy (non-hydrogen) atoms. The summed E-state index contributed by atoms with van der Waals surface area (Å²) in [4.78, 5) is 38.2. The lowest BCUT2D eigenvalue weighted by molar-refractivity contribution is -0.122. The minimum Gasteiger partial charge on any atom is -0.493 e. The van der Waals surface area contributed by atoms with E-state index >= 15 is 0 Å². The zero-order valence-electron chi connectivity index (χ0n) is 14.8. The average molecular weight is 421 g/mol. The number of carbonyl (C=O) groups is 3. The van der Waals surface area contributed by atoms with Gasteiger partial charge in [0.2, 0.25) is 0 Å². The van der Waals surface area contributed by atoms with Gasteiger partial charge in [-0.2, -0.15) is 0 Å². The van der Waals surface area contributed by atoms with Crippen LogP contribution >= 0.6 is 23.2 Å². The molecular weight excluding hydrogens is 407 g/mol. The van der Waals surface area contributed by atoms with Crippen molar-refractivity contribution in [1.82, 2.24) is 5.32 Å². The number of urea groups is 1. The maximum atomic E-state index is 12.9. The van der Waals surface area contributed by atoms with Crippen LogP contribution in [0.25, 0.3) is 6.08 Å². The predicted molar refractivity (Wildman–Crippen MR) is 105 cm³/mol. The Bertz CT molecular complexity index is 1020. The Balaban J connectivity index is 2.05. The van der Waals surface area contributed by atoms with E-state index in [2.05, 4.69) is 5.32 Å². The van der Waals surface area contributed by atoms with Gasteiger partial charge in [0.25, 0.3) is 11.8 Å². The fraction of sp³-hybridized carbons (Fsp3) is 0.105. The Morgan fingerprint density at radius 3 is 2.39 bits per heavy atom. The van der Waals surface area contributed by atoms with Crippen molar-refractivity contribution < 1.29 is 23.9 Å². The molecule has 1 aliphatic heterocycles. The van der Waals surface area contributed by atoms with Crippen LogP contribution in [0.4, 0.5) is 10.5 Å². The molecule has 0 aromatic heterocycles. The third-order valence-electron chi connectivity index (χ3n) is 3.99. The predicted octanol–water partition coefficient (Wildman–Crippen LogP) is 3.68. The Hall–Kier alpha value is -3.03. The second-order valence-electron chi connectivity index (χ2n) is 5.65. The van der Waals surface area contributed by atoms with Gasteiger partial charge in [-0.3, -0.25) is 14.9 Å². The van der Waals surface area contributed by atoms with E-state index in [1.165, 1.54) is 38.5 Å². The standard InChI is InChI=1S/C19H14Cl2N2O5/c1-27-14-7-6-10(9-15(14)28-2)8-11-17(24)22-19(26)23(18(11)25)13-5-3-4-12(20)16(13)21/h3-9H,1-2H3,(H,22,24,26)/b11-8+. The lowest BCUT2D eigenvalue weighted by atomic mass is 10.1. The number of nitrogens with one attached hydrogen (secondary N) is 1. The number of benzene rings is 2. The summed E-state index contributed by atoms with van der Waals surface area (Å²) in [5.41, 5.74) is 0.327. The molecule has 0 saturated carbocycles. The highest BCUT2D eigenvalue weighted by atomic mass is 35.5. The van der Waals surface area contributed by atoms with Crippen LogP contribution in [0.1, 0.15) is 5.56 Å². The summed E-state index contributed by atoms with van der Waals surface area (Å²) in [5, 5.41) is 2.32. The molecule has 0 radical (unpaired) electrons. The first-order chi connectivity index (χ1) is 13.4. The Morgan fingerprint density at radius 2 is 1.71 bits per heavy atom.